The number of piperazine rings is 1. The first-order valence-electron chi connectivity index (χ1n) is 9.04. The second kappa shape index (κ2) is 7.44. The Morgan fingerprint density at radius 2 is 1.63 bits per heavy atom. The normalized spacial score (nSPS) is 15.9. The van der Waals surface area contributed by atoms with Crippen LogP contribution in [-0.4, -0.2) is 59.5 Å². The largest absolute Gasteiger partial charge is 0.338 e. The number of amides is 1. The topological polar surface area (TPSA) is 75.5 Å². The maximum absolute atomic E-state index is 13.3. The van der Waals surface area contributed by atoms with E-state index in [0.717, 1.165) is 22.3 Å². The first-order valence-corrected chi connectivity index (χ1v) is 10.5. The van der Waals surface area contributed by atoms with Crippen molar-refractivity contribution in [3.63, 3.8) is 0 Å². The van der Waals surface area contributed by atoms with Gasteiger partial charge in [0, 0.05) is 38.6 Å². The summed E-state index contributed by atoms with van der Waals surface area (Å²) >= 11 is 0. The number of nitrogens with zero attached hydrogens (tertiary/aromatic N) is 4. The molecule has 1 aliphatic rings. The van der Waals surface area contributed by atoms with Gasteiger partial charge in [-0.25, -0.2) is 8.42 Å². The second-order valence-corrected chi connectivity index (χ2v) is 8.95. The summed E-state index contributed by atoms with van der Waals surface area (Å²) in [5.74, 6) is -0.0468. The average Bonchev–Trinajstić information content (AvgIpc) is 3.13. The van der Waals surface area contributed by atoms with Crippen molar-refractivity contribution in [3.05, 3.63) is 46.8 Å². The molecule has 2 aromatic rings. The molecule has 8 heteroatoms. The monoisotopic (exact) mass is 390 g/mol. The van der Waals surface area contributed by atoms with E-state index in [1.807, 2.05) is 33.8 Å². The Balaban J connectivity index is 1.75. The summed E-state index contributed by atoms with van der Waals surface area (Å²) in [7, 11) is -3.59. The lowest BCUT2D eigenvalue weighted by Crippen LogP contribution is -2.51. The molecule has 1 saturated heterocycles. The van der Waals surface area contributed by atoms with Crippen molar-refractivity contribution in [1.29, 1.82) is 0 Å². The highest BCUT2D eigenvalue weighted by molar-refractivity contribution is 7.89. The van der Waals surface area contributed by atoms with Gasteiger partial charge in [0.2, 0.25) is 15.9 Å². The average molecular weight is 391 g/mol. The summed E-state index contributed by atoms with van der Waals surface area (Å²) in [6.07, 6.45) is 3.37. The SMILES string of the molecule is Cc1cc(C)c(C)c(S(=O)(=O)N2CCN(C(=O)Cn3cccn3)CC2)c1C. The van der Waals surface area contributed by atoms with Gasteiger partial charge in [-0.15, -0.1) is 0 Å². The fourth-order valence-corrected chi connectivity index (χ4v) is 5.51. The number of aromatic nitrogens is 2. The van der Waals surface area contributed by atoms with Gasteiger partial charge < -0.3 is 4.90 Å². The third-order valence-electron chi connectivity index (χ3n) is 5.34. The summed E-state index contributed by atoms with van der Waals surface area (Å²) in [5, 5.41) is 4.04. The zero-order chi connectivity index (χ0) is 19.8. The van der Waals surface area contributed by atoms with Crippen LogP contribution >= 0.6 is 0 Å². The molecule has 1 aromatic heterocycles. The minimum absolute atomic E-state index is 0.0468. The molecule has 0 aliphatic carbocycles. The van der Waals surface area contributed by atoms with Crippen molar-refractivity contribution in [2.24, 2.45) is 0 Å². The number of carbonyl (C=O) groups is 1. The molecule has 0 radical (unpaired) electrons. The van der Waals surface area contributed by atoms with Gasteiger partial charge in [-0.2, -0.15) is 9.40 Å². The third-order valence-corrected chi connectivity index (χ3v) is 7.52. The molecule has 2 heterocycles. The van der Waals surface area contributed by atoms with E-state index in [1.165, 1.54) is 4.31 Å². The molecular formula is C19H26N4O3S. The maximum Gasteiger partial charge on any atom is 0.244 e. The van der Waals surface area contributed by atoms with Crippen LogP contribution in [0.2, 0.25) is 0 Å². The smallest absolute Gasteiger partial charge is 0.244 e. The molecule has 146 valence electrons. The molecule has 0 N–H and O–H groups in total. The van der Waals surface area contributed by atoms with Gasteiger partial charge in [0.1, 0.15) is 6.54 Å². The van der Waals surface area contributed by atoms with Crippen LogP contribution in [0.3, 0.4) is 0 Å². The lowest BCUT2D eigenvalue weighted by atomic mass is 10.0. The number of carbonyl (C=O) groups excluding carboxylic acids is 1. The Hall–Kier alpha value is -2.19. The minimum Gasteiger partial charge on any atom is -0.338 e. The Kier molecular flexibility index (Phi) is 5.39. The second-order valence-electron chi connectivity index (χ2n) is 7.08. The van der Waals surface area contributed by atoms with Crippen molar-refractivity contribution in [2.75, 3.05) is 26.2 Å². The first kappa shape index (κ1) is 19.6. The summed E-state index contributed by atoms with van der Waals surface area (Å²) in [6, 6.07) is 3.79. The van der Waals surface area contributed by atoms with Gasteiger partial charge in [-0.3, -0.25) is 9.48 Å². The molecule has 1 amide bonds. The lowest BCUT2D eigenvalue weighted by molar-refractivity contribution is -0.133. The number of benzene rings is 1. The van der Waals surface area contributed by atoms with E-state index < -0.39 is 10.0 Å². The third kappa shape index (κ3) is 3.77. The molecule has 7 nitrogen and oxygen atoms in total. The van der Waals surface area contributed by atoms with Gasteiger partial charge in [-0.1, -0.05) is 6.07 Å². The number of hydrogen-bond donors (Lipinski definition) is 0. The van der Waals surface area contributed by atoms with Crippen molar-refractivity contribution >= 4 is 15.9 Å². The molecule has 1 aromatic carbocycles. The quantitative estimate of drug-likeness (QED) is 0.796. The van der Waals surface area contributed by atoms with E-state index in [1.54, 1.807) is 28.0 Å². The standard InChI is InChI=1S/C19H26N4O3S/c1-14-12-15(2)17(4)19(16(14)3)27(25,26)23-10-8-21(9-11-23)18(24)13-22-7-5-6-20-22/h5-7,12H,8-11,13H2,1-4H3. The van der Waals surface area contributed by atoms with Crippen LogP contribution in [0.15, 0.2) is 29.4 Å². The molecule has 1 aliphatic heterocycles. The number of sulfonamides is 1. The highest BCUT2D eigenvalue weighted by Crippen LogP contribution is 2.29. The Morgan fingerprint density at radius 1 is 1.04 bits per heavy atom. The van der Waals surface area contributed by atoms with Crippen LogP contribution in [0.1, 0.15) is 22.3 Å². The van der Waals surface area contributed by atoms with Crippen LogP contribution in [-0.2, 0) is 21.4 Å². The van der Waals surface area contributed by atoms with Crippen LogP contribution < -0.4 is 0 Å². The highest BCUT2D eigenvalue weighted by Gasteiger charge is 2.32. The van der Waals surface area contributed by atoms with E-state index in [2.05, 4.69) is 5.10 Å². The summed E-state index contributed by atoms with van der Waals surface area (Å²) in [6.45, 7) is 9.16. The molecule has 0 spiro atoms. The Labute approximate surface area is 160 Å². The Bertz CT molecular complexity index is 918. The van der Waals surface area contributed by atoms with Gasteiger partial charge in [0.25, 0.3) is 0 Å². The van der Waals surface area contributed by atoms with E-state index in [4.69, 9.17) is 0 Å². The van der Waals surface area contributed by atoms with Crippen molar-refractivity contribution in [3.8, 4) is 0 Å². The predicted molar refractivity (Wildman–Crippen MR) is 103 cm³/mol. The van der Waals surface area contributed by atoms with Gasteiger partial charge in [-0.05, 0) is 56.0 Å². The molecule has 3 rings (SSSR count). The first-order chi connectivity index (χ1) is 12.7. The molecule has 0 bridgehead atoms. The van der Waals surface area contributed by atoms with Crippen LogP contribution in [0.25, 0.3) is 0 Å². The van der Waals surface area contributed by atoms with Gasteiger partial charge >= 0.3 is 0 Å². The zero-order valence-corrected chi connectivity index (χ0v) is 17.1. The maximum atomic E-state index is 13.3. The van der Waals surface area contributed by atoms with E-state index in [-0.39, 0.29) is 12.5 Å². The van der Waals surface area contributed by atoms with Crippen LogP contribution in [0.5, 0.6) is 0 Å². The van der Waals surface area contributed by atoms with Gasteiger partial charge in [0.05, 0.1) is 4.90 Å². The van der Waals surface area contributed by atoms with E-state index in [9.17, 15) is 13.2 Å². The summed E-state index contributed by atoms with van der Waals surface area (Å²) in [4.78, 5) is 14.5. The highest BCUT2D eigenvalue weighted by atomic mass is 32.2. The fourth-order valence-electron chi connectivity index (χ4n) is 3.51. The number of hydrogen-bond acceptors (Lipinski definition) is 4. The summed E-state index contributed by atoms with van der Waals surface area (Å²) in [5.41, 5.74) is 3.56. The molecule has 0 unspecified atom stereocenters. The fraction of sp³-hybridized carbons (Fsp3) is 0.474. The zero-order valence-electron chi connectivity index (χ0n) is 16.3. The lowest BCUT2D eigenvalue weighted by Gasteiger charge is -2.34. The number of rotatable bonds is 4. The molecule has 0 saturated carbocycles. The van der Waals surface area contributed by atoms with Crippen molar-refractivity contribution in [2.45, 2.75) is 39.1 Å². The number of aryl methyl sites for hydroxylation is 2. The van der Waals surface area contributed by atoms with Gasteiger partial charge in [0.15, 0.2) is 0 Å². The molecule has 27 heavy (non-hydrogen) atoms. The minimum atomic E-state index is -3.59. The molecule has 0 atom stereocenters. The predicted octanol–water partition coefficient (Wildman–Crippen LogP) is 1.65. The molecular weight excluding hydrogens is 364 g/mol. The molecule has 1 fully saturated rings. The van der Waals surface area contributed by atoms with E-state index in [0.29, 0.717) is 31.1 Å². The van der Waals surface area contributed by atoms with Crippen LogP contribution in [0, 0.1) is 27.7 Å². The Morgan fingerprint density at radius 3 is 2.15 bits per heavy atom. The van der Waals surface area contributed by atoms with Crippen LogP contribution in [0.4, 0.5) is 0 Å². The summed E-state index contributed by atoms with van der Waals surface area (Å²) < 4.78 is 29.6. The van der Waals surface area contributed by atoms with Crippen molar-refractivity contribution < 1.29 is 13.2 Å². The van der Waals surface area contributed by atoms with E-state index >= 15 is 0 Å². The van der Waals surface area contributed by atoms with Crippen molar-refractivity contribution in [1.82, 2.24) is 19.0 Å².